The van der Waals surface area contributed by atoms with Crippen molar-refractivity contribution in [2.24, 2.45) is 5.73 Å². The van der Waals surface area contributed by atoms with Crippen LogP contribution in [-0.2, 0) is 6.54 Å². The largest absolute Gasteiger partial charge is 0.469 e. The van der Waals surface area contributed by atoms with E-state index in [4.69, 9.17) is 22.4 Å². The normalized spacial score (nSPS) is 10.2. The second-order valence-electron chi connectivity index (χ2n) is 4.19. The molecule has 4 nitrogen and oxygen atoms in total. The first-order chi connectivity index (χ1) is 9.06. The minimum atomic E-state index is -0.169. The minimum Gasteiger partial charge on any atom is -0.469 e. The van der Waals surface area contributed by atoms with E-state index in [0.717, 1.165) is 11.1 Å². The van der Waals surface area contributed by atoms with Crippen LogP contribution in [-0.4, -0.2) is 10.9 Å². The summed E-state index contributed by atoms with van der Waals surface area (Å²) in [7, 11) is 0. The number of furan rings is 1. The number of hydrogen-bond acceptors (Lipinski definition) is 3. The molecule has 1 amide bonds. The second kappa shape index (κ2) is 5.67. The van der Waals surface area contributed by atoms with Crippen LogP contribution in [0.4, 0.5) is 0 Å². The molecule has 0 bridgehead atoms. The maximum Gasteiger partial charge on any atom is 0.254 e. The maximum atomic E-state index is 11.8. The molecule has 0 radical (unpaired) electrons. The van der Waals surface area contributed by atoms with Crippen LogP contribution in [0, 0.1) is 6.92 Å². The van der Waals surface area contributed by atoms with Gasteiger partial charge in [0.25, 0.3) is 5.91 Å². The maximum absolute atomic E-state index is 11.8. The number of nitrogens with one attached hydrogen (secondary N) is 1. The van der Waals surface area contributed by atoms with Crippen molar-refractivity contribution in [3.05, 3.63) is 59.0 Å². The molecule has 0 atom stereocenters. The molecule has 2 aromatic rings. The average Bonchev–Trinajstić information content (AvgIpc) is 2.83. The summed E-state index contributed by atoms with van der Waals surface area (Å²) < 4.78 is 5.09. The molecule has 0 aliphatic carbocycles. The molecule has 0 saturated heterocycles. The van der Waals surface area contributed by atoms with Crippen molar-refractivity contribution in [1.82, 2.24) is 5.32 Å². The molecule has 0 unspecified atom stereocenters. The van der Waals surface area contributed by atoms with Crippen LogP contribution in [0.15, 0.2) is 41.0 Å². The third-order valence-electron chi connectivity index (χ3n) is 2.66. The van der Waals surface area contributed by atoms with Gasteiger partial charge in [0.1, 0.15) is 17.0 Å². The number of thiocarbonyl (C=S) groups is 1. The molecule has 0 spiro atoms. The zero-order valence-corrected chi connectivity index (χ0v) is 11.3. The fourth-order valence-corrected chi connectivity index (χ4v) is 1.81. The first-order valence-electron chi connectivity index (χ1n) is 5.78. The zero-order valence-electron chi connectivity index (χ0n) is 10.5. The molecule has 3 N–H and O–H groups in total. The van der Waals surface area contributed by atoms with Gasteiger partial charge in [0, 0.05) is 12.1 Å². The van der Waals surface area contributed by atoms with Crippen LogP contribution in [0.3, 0.4) is 0 Å². The van der Waals surface area contributed by atoms with Crippen LogP contribution in [0.25, 0.3) is 0 Å². The van der Waals surface area contributed by atoms with Crippen LogP contribution < -0.4 is 11.1 Å². The molecular formula is C14H14N2O2S. The van der Waals surface area contributed by atoms with E-state index < -0.39 is 0 Å². The van der Waals surface area contributed by atoms with E-state index in [9.17, 15) is 4.79 Å². The van der Waals surface area contributed by atoms with Gasteiger partial charge in [-0.1, -0.05) is 30.4 Å². The predicted octanol–water partition coefficient (Wildman–Crippen LogP) is 2.15. The van der Waals surface area contributed by atoms with Crippen LogP contribution >= 0.6 is 12.2 Å². The van der Waals surface area contributed by atoms with Crippen LogP contribution in [0.5, 0.6) is 0 Å². The predicted molar refractivity (Wildman–Crippen MR) is 76.9 cm³/mol. The van der Waals surface area contributed by atoms with E-state index in [1.807, 2.05) is 24.3 Å². The number of amides is 1. The number of carbonyl (C=O) groups excluding carboxylic acids is 1. The van der Waals surface area contributed by atoms with Gasteiger partial charge >= 0.3 is 0 Å². The van der Waals surface area contributed by atoms with Crippen molar-refractivity contribution in [3.63, 3.8) is 0 Å². The van der Waals surface area contributed by atoms with E-state index in [2.05, 4.69) is 5.32 Å². The molecular weight excluding hydrogens is 260 g/mol. The van der Waals surface area contributed by atoms with Crippen LogP contribution in [0.1, 0.15) is 27.2 Å². The van der Waals surface area contributed by atoms with Gasteiger partial charge in [-0.15, -0.1) is 0 Å². The Kier molecular flexibility index (Phi) is 3.97. The number of carbonyl (C=O) groups is 1. The quantitative estimate of drug-likeness (QED) is 0.838. The summed E-state index contributed by atoms with van der Waals surface area (Å²) in [6.45, 7) is 2.21. The molecule has 0 aliphatic heterocycles. The molecule has 0 aliphatic rings. The molecule has 0 saturated carbocycles. The van der Waals surface area contributed by atoms with E-state index in [0.29, 0.717) is 22.9 Å². The van der Waals surface area contributed by atoms with Gasteiger partial charge in [0.2, 0.25) is 0 Å². The minimum absolute atomic E-state index is 0.169. The van der Waals surface area contributed by atoms with Gasteiger partial charge in [0.15, 0.2) is 0 Å². The number of aryl methyl sites for hydroxylation is 1. The van der Waals surface area contributed by atoms with Crippen molar-refractivity contribution < 1.29 is 9.21 Å². The Bertz CT molecular complexity index is 619. The molecule has 19 heavy (non-hydrogen) atoms. The average molecular weight is 274 g/mol. The molecule has 1 aromatic heterocycles. The third-order valence-corrected chi connectivity index (χ3v) is 2.89. The summed E-state index contributed by atoms with van der Waals surface area (Å²) in [5, 5.41) is 2.81. The number of rotatable bonds is 4. The first kappa shape index (κ1) is 13.3. The fourth-order valence-electron chi connectivity index (χ4n) is 1.68. The molecule has 2 rings (SSSR count). The van der Waals surface area contributed by atoms with Crippen molar-refractivity contribution in [3.8, 4) is 0 Å². The summed E-state index contributed by atoms with van der Waals surface area (Å²) in [5.74, 6) is 0.540. The zero-order chi connectivity index (χ0) is 13.8. The summed E-state index contributed by atoms with van der Waals surface area (Å²) in [6.07, 6.45) is 1.44. The number of nitrogens with two attached hydrogens (primary N) is 1. The number of hydrogen-bond donors (Lipinski definition) is 2. The highest BCUT2D eigenvalue weighted by molar-refractivity contribution is 7.80. The Labute approximate surface area is 116 Å². The van der Waals surface area contributed by atoms with E-state index in [1.54, 1.807) is 13.0 Å². The molecule has 1 heterocycles. The third kappa shape index (κ3) is 3.42. The Balaban J connectivity index is 2.01. The molecule has 1 aromatic carbocycles. The lowest BCUT2D eigenvalue weighted by Gasteiger charge is -2.05. The van der Waals surface area contributed by atoms with Crippen molar-refractivity contribution >= 4 is 23.1 Å². The number of benzene rings is 1. The topological polar surface area (TPSA) is 68.3 Å². The SMILES string of the molecule is Cc1cc(C(=O)NCc2cccc(C(N)=S)c2)co1. The monoisotopic (exact) mass is 274 g/mol. The van der Waals surface area contributed by atoms with Crippen molar-refractivity contribution in [1.29, 1.82) is 0 Å². The van der Waals surface area contributed by atoms with E-state index in [-0.39, 0.29) is 5.91 Å². The second-order valence-corrected chi connectivity index (χ2v) is 4.63. The van der Waals surface area contributed by atoms with Gasteiger partial charge in [-0.3, -0.25) is 4.79 Å². The summed E-state index contributed by atoms with van der Waals surface area (Å²) in [6, 6.07) is 9.16. The fraction of sp³-hybridized carbons (Fsp3) is 0.143. The lowest BCUT2D eigenvalue weighted by atomic mass is 10.1. The van der Waals surface area contributed by atoms with Crippen LogP contribution in [0.2, 0.25) is 0 Å². The van der Waals surface area contributed by atoms with Crippen molar-refractivity contribution in [2.75, 3.05) is 0 Å². The highest BCUT2D eigenvalue weighted by atomic mass is 32.1. The Hall–Kier alpha value is -2.14. The summed E-state index contributed by atoms with van der Waals surface area (Å²) in [4.78, 5) is 12.2. The Morgan fingerprint density at radius 2 is 2.16 bits per heavy atom. The smallest absolute Gasteiger partial charge is 0.254 e. The van der Waals surface area contributed by atoms with Crippen molar-refractivity contribution in [2.45, 2.75) is 13.5 Å². The van der Waals surface area contributed by atoms with Gasteiger partial charge in [-0.2, -0.15) is 0 Å². The molecule has 5 heteroatoms. The molecule has 98 valence electrons. The lowest BCUT2D eigenvalue weighted by Crippen LogP contribution is -2.22. The highest BCUT2D eigenvalue weighted by Gasteiger charge is 2.08. The highest BCUT2D eigenvalue weighted by Crippen LogP contribution is 2.08. The standard InChI is InChI=1S/C14H14N2O2S/c1-9-5-12(8-18-9)14(17)16-7-10-3-2-4-11(6-10)13(15)19/h2-6,8H,7H2,1H3,(H2,15,19)(H,16,17). The van der Waals surface area contributed by atoms with Gasteiger partial charge in [-0.25, -0.2) is 0 Å². The van der Waals surface area contributed by atoms with Gasteiger partial charge in [-0.05, 0) is 24.6 Å². The van der Waals surface area contributed by atoms with E-state index in [1.165, 1.54) is 6.26 Å². The summed E-state index contributed by atoms with van der Waals surface area (Å²) in [5.41, 5.74) is 7.82. The van der Waals surface area contributed by atoms with Gasteiger partial charge < -0.3 is 15.5 Å². The molecule has 0 fully saturated rings. The lowest BCUT2D eigenvalue weighted by molar-refractivity contribution is 0.0950. The van der Waals surface area contributed by atoms with E-state index >= 15 is 0 Å². The van der Waals surface area contributed by atoms with Gasteiger partial charge in [0.05, 0.1) is 5.56 Å². The Morgan fingerprint density at radius 3 is 2.79 bits per heavy atom. The summed E-state index contributed by atoms with van der Waals surface area (Å²) >= 11 is 4.91. The first-order valence-corrected chi connectivity index (χ1v) is 6.19. The Morgan fingerprint density at radius 1 is 1.37 bits per heavy atom.